The highest BCUT2D eigenvalue weighted by molar-refractivity contribution is 5.92. The number of nitrogens with zero attached hydrogens (tertiary/aromatic N) is 2. The van der Waals surface area contributed by atoms with Gasteiger partial charge in [-0.3, -0.25) is 9.59 Å². The second-order valence-corrected chi connectivity index (χ2v) is 6.97. The minimum absolute atomic E-state index is 0.0965. The van der Waals surface area contributed by atoms with Crippen LogP contribution in [0, 0.1) is 6.92 Å². The van der Waals surface area contributed by atoms with Crippen molar-refractivity contribution in [3.63, 3.8) is 0 Å². The van der Waals surface area contributed by atoms with Gasteiger partial charge in [-0.05, 0) is 29.3 Å². The molecule has 2 heterocycles. The molecule has 0 spiro atoms. The van der Waals surface area contributed by atoms with Crippen LogP contribution in [0.3, 0.4) is 0 Å². The number of hydrogen-bond donors (Lipinski definition) is 1. The molecule has 3 aromatic rings. The first-order valence-electron chi connectivity index (χ1n) is 9.40. The molecule has 0 unspecified atom stereocenters. The topological polar surface area (TPSA) is 75.4 Å². The third kappa shape index (κ3) is 3.96. The number of rotatable bonds is 4. The number of amides is 2. The second kappa shape index (κ2) is 7.75. The highest BCUT2D eigenvalue weighted by atomic mass is 16.3. The zero-order valence-electron chi connectivity index (χ0n) is 16.3. The van der Waals surface area contributed by atoms with Crippen molar-refractivity contribution >= 4 is 23.6 Å². The van der Waals surface area contributed by atoms with Gasteiger partial charge in [0.1, 0.15) is 12.0 Å². The van der Waals surface area contributed by atoms with Crippen molar-refractivity contribution in [3.05, 3.63) is 78.0 Å². The Bertz CT molecular complexity index is 1080. The van der Waals surface area contributed by atoms with E-state index in [9.17, 15) is 9.59 Å². The number of fused-ring (bicyclic) bond motifs is 1. The van der Waals surface area contributed by atoms with Gasteiger partial charge >= 0.3 is 0 Å². The van der Waals surface area contributed by atoms with Crippen LogP contribution in [0.5, 0.6) is 0 Å². The van der Waals surface area contributed by atoms with E-state index in [1.807, 2.05) is 54.6 Å². The van der Waals surface area contributed by atoms with E-state index in [-0.39, 0.29) is 24.3 Å². The normalized spacial score (nSPS) is 15.1. The van der Waals surface area contributed by atoms with Crippen molar-refractivity contribution in [2.24, 2.45) is 0 Å². The molecule has 6 nitrogen and oxygen atoms in total. The highest BCUT2D eigenvalue weighted by Gasteiger charge is 2.28. The van der Waals surface area contributed by atoms with E-state index in [0.717, 1.165) is 22.4 Å². The van der Waals surface area contributed by atoms with Crippen LogP contribution in [-0.2, 0) is 9.59 Å². The van der Waals surface area contributed by atoms with Gasteiger partial charge in [0.15, 0.2) is 5.89 Å². The van der Waals surface area contributed by atoms with Crippen LogP contribution in [0.1, 0.15) is 36.4 Å². The van der Waals surface area contributed by atoms with Crippen molar-refractivity contribution in [1.82, 2.24) is 9.88 Å². The fourth-order valence-corrected chi connectivity index (χ4v) is 3.52. The minimum Gasteiger partial charge on any atom is -0.449 e. The molecule has 0 fully saturated rings. The van der Waals surface area contributed by atoms with Gasteiger partial charge in [-0.25, -0.2) is 4.98 Å². The van der Waals surface area contributed by atoms with E-state index in [1.165, 1.54) is 6.92 Å². The lowest BCUT2D eigenvalue weighted by atomic mass is 9.93. The van der Waals surface area contributed by atoms with Crippen molar-refractivity contribution in [2.75, 3.05) is 5.32 Å². The molecule has 2 aromatic carbocycles. The maximum Gasteiger partial charge on any atom is 0.226 e. The maximum atomic E-state index is 12.7. The Balaban J connectivity index is 1.48. The van der Waals surface area contributed by atoms with E-state index in [1.54, 1.807) is 24.3 Å². The third-order valence-corrected chi connectivity index (χ3v) is 4.93. The molecule has 146 valence electrons. The molecule has 0 radical (unpaired) electrons. The number of nitrogens with one attached hydrogen (secondary N) is 1. The van der Waals surface area contributed by atoms with E-state index in [0.29, 0.717) is 11.6 Å². The molecule has 0 bridgehead atoms. The summed E-state index contributed by atoms with van der Waals surface area (Å²) in [7, 11) is 0. The number of hydrogen-bond acceptors (Lipinski definition) is 4. The van der Waals surface area contributed by atoms with Crippen molar-refractivity contribution in [3.8, 4) is 11.3 Å². The minimum atomic E-state index is -0.328. The third-order valence-electron chi connectivity index (χ3n) is 4.93. The number of carbonyl (C=O) groups excluding carboxylic acids is 2. The Labute approximate surface area is 168 Å². The number of aryl methyl sites for hydroxylation is 1. The summed E-state index contributed by atoms with van der Waals surface area (Å²) in [4.78, 5) is 30.7. The number of oxazole rings is 1. The van der Waals surface area contributed by atoms with Gasteiger partial charge in [-0.2, -0.15) is 0 Å². The fraction of sp³-hybridized carbons (Fsp3) is 0.174. The lowest BCUT2D eigenvalue weighted by Gasteiger charge is -2.32. The predicted molar refractivity (Wildman–Crippen MR) is 111 cm³/mol. The summed E-state index contributed by atoms with van der Waals surface area (Å²) in [6.07, 6.45) is 5.42. The van der Waals surface area contributed by atoms with Crippen LogP contribution >= 0.6 is 0 Å². The predicted octanol–water partition coefficient (Wildman–Crippen LogP) is 4.55. The van der Waals surface area contributed by atoms with Gasteiger partial charge in [-0.1, -0.05) is 36.4 Å². The van der Waals surface area contributed by atoms with Gasteiger partial charge in [0.2, 0.25) is 11.8 Å². The molecule has 1 aromatic heterocycles. The monoisotopic (exact) mass is 387 g/mol. The summed E-state index contributed by atoms with van der Waals surface area (Å²) in [6.45, 7) is 3.30. The van der Waals surface area contributed by atoms with Gasteiger partial charge in [-0.15, -0.1) is 0 Å². The van der Waals surface area contributed by atoms with Crippen LogP contribution in [0.2, 0.25) is 0 Å². The Morgan fingerprint density at radius 3 is 2.59 bits per heavy atom. The van der Waals surface area contributed by atoms with E-state index in [2.05, 4.69) is 10.3 Å². The van der Waals surface area contributed by atoms with Crippen molar-refractivity contribution in [1.29, 1.82) is 0 Å². The fourth-order valence-electron chi connectivity index (χ4n) is 3.52. The smallest absolute Gasteiger partial charge is 0.226 e. The standard InChI is InChI=1S/C23H21N3O3/c1-15-24-21(14-29-15)18-7-9-19(10-8-18)25-23(28)13-22-20-6-4-3-5-17(20)11-12-26(22)16(2)27/h3-12,14,22H,13H2,1-2H3,(H,25,28)/t22-/m0/s1. The number of aromatic nitrogens is 1. The van der Waals surface area contributed by atoms with E-state index < -0.39 is 0 Å². The maximum absolute atomic E-state index is 12.7. The summed E-state index contributed by atoms with van der Waals surface area (Å²) < 4.78 is 5.24. The largest absolute Gasteiger partial charge is 0.449 e. The quantitative estimate of drug-likeness (QED) is 0.712. The lowest BCUT2D eigenvalue weighted by Crippen LogP contribution is -2.33. The van der Waals surface area contributed by atoms with Gasteiger partial charge in [0, 0.05) is 31.3 Å². The molecule has 4 rings (SSSR count). The second-order valence-electron chi connectivity index (χ2n) is 6.97. The van der Waals surface area contributed by atoms with Gasteiger partial charge in [0.05, 0.1) is 12.5 Å². The number of carbonyl (C=O) groups is 2. The van der Waals surface area contributed by atoms with Crippen LogP contribution in [0.4, 0.5) is 5.69 Å². The summed E-state index contributed by atoms with van der Waals surface area (Å²) in [5.41, 5.74) is 4.34. The lowest BCUT2D eigenvalue weighted by molar-refractivity contribution is -0.129. The van der Waals surface area contributed by atoms with Crippen LogP contribution in [-0.4, -0.2) is 21.7 Å². The molecule has 2 amide bonds. The van der Waals surface area contributed by atoms with Crippen molar-refractivity contribution in [2.45, 2.75) is 26.3 Å². The zero-order chi connectivity index (χ0) is 20.4. The highest BCUT2D eigenvalue weighted by Crippen LogP contribution is 2.33. The molecule has 29 heavy (non-hydrogen) atoms. The Hall–Kier alpha value is -3.67. The molecular formula is C23H21N3O3. The molecule has 1 aliphatic heterocycles. The number of benzene rings is 2. The molecule has 1 atom stereocenters. The Kier molecular flexibility index (Phi) is 4.99. The molecule has 6 heteroatoms. The van der Waals surface area contributed by atoms with Gasteiger partial charge in [0.25, 0.3) is 0 Å². The first kappa shape index (κ1) is 18.7. The molecule has 0 saturated carbocycles. The summed E-state index contributed by atoms with van der Waals surface area (Å²) in [5.74, 6) is 0.353. The summed E-state index contributed by atoms with van der Waals surface area (Å²) in [6, 6.07) is 14.9. The molecular weight excluding hydrogens is 366 g/mol. The summed E-state index contributed by atoms with van der Waals surface area (Å²) >= 11 is 0. The van der Waals surface area contributed by atoms with Crippen LogP contribution < -0.4 is 5.32 Å². The van der Waals surface area contributed by atoms with Crippen molar-refractivity contribution < 1.29 is 14.0 Å². The van der Waals surface area contributed by atoms with Gasteiger partial charge < -0.3 is 14.6 Å². The first-order valence-corrected chi connectivity index (χ1v) is 9.40. The van der Waals surface area contributed by atoms with E-state index in [4.69, 9.17) is 4.42 Å². The Morgan fingerprint density at radius 2 is 1.90 bits per heavy atom. The molecule has 1 N–H and O–H groups in total. The molecule has 0 aliphatic carbocycles. The summed E-state index contributed by atoms with van der Waals surface area (Å²) in [5, 5.41) is 2.92. The average Bonchev–Trinajstić information content (AvgIpc) is 3.15. The number of anilines is 1. The average molecular weight is 387 g/mol. The van der Waals surface area contributed by atoms with Crippen LogP contribution in [0.15, 0.2) is 65.4 Å². The SMILES string of the molecule is CC(=O)N1C=Cc2ccccc2[C@@H]1CC(=O)Nc1ccc(-c2coc(C)n2)cc1. The molecule has 0 saturated heterocycles. The van der Waals surface area contributed by atoms with Crippen LogP contribution in [0.25, 0.3) is 17.3 Å². The zero-order valence-corrected chi connectivity index (χ0v) is 16.3. The van der Waals surface area contributed by atoms with E-state index >= 15 is 0 Å². The first-order chi connectivity index (χ1) is 14.0. The Morgan fingerprint density at radius 1 is 1.14 bits per heavy atom. The molecule has 1 aliphatic rings.